The van der Waals surface area contributed by atoms with Gasteiger partial charge in [-0.1, -0.05) is 0 Å². The Labute approximate surface area is 335 Å². The van der Waals surface area contributed by atoms with E-state index in [4.69, 9.17) is 75.5 Å². The van der Waals surface area contributed by atoms with Crippen molar-refractivity contribution in [3.63, 3.8) is 0 Å². The number of ether oxygens (including phenoxy) is 3. The maximum absolute atomic E-state index is 10.5. The third-order valence-electron chi connectivity index (χ3n) is 8.47. The van der Waals surface area contributed by atoms with Crippen LogP contribution in [0.15, 0.2) is 11.8 Å². The van der Waals surface area contributed by atoms with Crippen molar-refractivity contribution in [3.05, 3.63) is 11.8 Å². The Morgan fingerprint density at radius 2 is 0.966 bits per heavy atom. The van der Waals surface area contributed by atoms with Crippen LogP contribution in [0.1, 0.15) is 41.5 Å². The van der Waals surface area contributed by atoms with Gasteiger partial charge in [-0.05, 0) is 47.6 Å². The fourth-order valence-corrected chi connectivity index (χ4v) is 4.68. The van der Waals surface area contributed by atoms with Crippen molar-refractivity contribution in [2.45, 2.75) is 158 Å². The smallest absolute Gasteiger partial charge is 0.335 e. The van der Waals surface area contributed by atoms with Crippen molar-refractivity contribution in [2.24, 2.45) is 0 Å². The van der Waals surface area contributed by atoms with Gasteiger partial charge in [0.1, 0.15) is 85.5 Å². The van der Waals surface area contributed by atoms with Gasteiger partial charge in [-0.25, -0.2) is 14.4 Å². The molecule has 0 aliphatic carbocycles. The largest absolute Gasteiger partial charge is 0.493 e. The van der Waals surface area contributed by atoms with Gasteiger partial charge in [-0.3, -0.25) is 9.59 Å². The van der Waals surface area contributed by atoms with Crippen molar-refractivity contribution in [1.29, 1.82) is 0 Å². The molecule has 0 bridgehead atoms. The van der Waals surface area contributed by atoms with E-state index >= 15 is 0 Å². The summed E-state index contributed by atoms with van der Waals surface area (Å²) in [5.74, 6) is -5.66. The lowest BCUT2D eigenvalue weighted by Gasteiger charge is -2.38. The summed E-state index contributed by atoms with van der Waals surface area (Å²) in [5.41, 5.74) is 0. The highest BCUT2D eigenvalue weighted by Gasteiger charge is 2.45. The van der Waals surface area contributed by atoms with E-state index in [1.54, 1.807) is 20.8 Å². The topological polar surface area (TPSA) is 477 Å². The number of allylic oxidation sites excluding steroid dienone is 1. The number of hydrogen-bond donors (Lipinski definition) is 18. The van der Waals surface area contributed by atoms with Gasteiger partial charge in [0.2, 0.25) is 0 Å². The number of aliphatic hydroxyl groups excluding tert-OH is 15. The summed E-state index contributed by atoms with van der Waals surface area (Å²) < 4.78 is 14.9. The molecule has 0 aromatic rings. The first-order valence-corrected chi connectivity index (χ1v) is 17.4. The minimum atomic E-state index is -2.25. The van der Waals surface area contributed by atoms with Gasteiger partial charge in [0.05, 0.1) is 24.6 Å². The Hall–Kier alpha value is -3.39. The van der Waals surface area contributed by atoms with Crippen LogP contribution in [0.2, 0.25) is 0 Å². The van der Waals surface area contributed by atoms with E-state index < -0.39 is 139 Å². The van der Waals surface area contributed by atoms with Crippen LogP contribution in [0.4, 0.5) is 0 Å². The second-order valence-corrected chi connectivity index (χ2v) is 13.3. The summed E-state index contributed by atoms with van der Waals surface area (Å²) >= 11 is 0. The predicted octanol–water partition coefficient (Wildman–Crippen LogP) is -8.69. The Morgan fingerprint density at radius 1 is 0.559 bits per heavy atom. The highest BCUT2D eigenvalue weighted by Crippen LogP contribution is 2.22. The van der Waals surface area contributed by atoms with Crippen LogP contribution >= 0.6 is 0 Å². The fourth-order valence-electron chi connectivity index (χ4n) is 4.68. The molecule has 3 rings (SSSR count). The number of rotatable bonds is 10. The zero-order valence-corrected chi connectivity index (χ0v) is 32.6. The molecule has 3 aliphatic rings. The molecule has 26 nitrogen and oxygen atoms in total. The van der Waals surface area contributed by atoms with Crippen molar-refractivity contribution in [3.8, 4) is 0 Å². The molecule has 0 amide bonds. The third kappa shape index (κ3) is 18.4. The number of aliphatic hydroxyl groups is 15. The monoisotopic (exact) mass is 870 g/mol. The molecule has 0 saturated carbocycles. The van der Waals surface area contributed by atoms with Crippen molar-refractivity contribution in [1.82, 2.24) is 0 Å². The number of aliphatic carboxylic acids is 3. The van der Waals surface area contributed by atoms with Crippen LogP contribution in [0.5, 0.6) is 0 Å². The first-order chi connectivity index (χ1) is 26.9. The molecule has 0 radical (unpaired) electrons. The molecule has 59 heavy (non-hydrogen) atoms. The van der Waals surface area contributed by atoms with Crippen LogP contribution in [-0.2, 0) is 38.2 Å². The molecule has 3 heterocycles. The number of carbonyl (C=O) groups excluding carboxylic acids is 2. The lowest BCUT2D eigenvalue weighted by molar-refractivity contribution is -0.224. The fraction of sp³-hybridized carbons (Fsp3) is 0.788. The second-order valence-electron chi connectivity index (χ2n) is 13.3. The SMILES string of the molecule is CC(=O)C(O)C(O)C(=O)O.CC(=O)C(O)C(O)C(O)C(O)C(=O)O.CC1=CC(O)C(O)C(C)O1.CC1OC(C(=O)O)C(O)C(O)C1O.CC1OC(CO)C(O)C(O)C1O. The zero-order valence-electron chi connectivity index (χ0n) is 32.6. The van der Waals surface area contributed by atoms with Crippen LogP contribution in [0.25, 0.3) is 0 Å². The number of Topliss-reactive ketones (excluding diaryl/α,β-unsaturated/α-hetero) is 2. The van der Waals surface area contributed by atoms with Crippen molar-refractivity contribution < 1.29 is 130 Å². The minimum absolute atomic E-state index is 0.306. The van der Waals surface area contributed by atoms with E-state index in [9.17, 15) is 54.6 Å². The maximum atomic E-state index is 10.5. The van der Waals surface area contributed by atoms with Crippen LogP contribution in [0.3, 0.4) is 0 Å². The van der Waals surface area contributed by atoms with E-state index in [0.29, 0.717) is 5.76 Å². The Morgan fingerprint density at radius 3 is 1.32 bits per heavy atom. The van der Waals surface area contributed by atoms with Crippen LogP contribution < -0.4 is 0 Å². The average Bonchev–Trinajstić information content (AvgIpc) is 3.16. The molecule has 19 atom stereocenters. The highest BCUT2D eigenvalue weighted by molar-refractivity contribution is 5.87. The molecule has 0 aromatic carbocycles. The van der Waals surface area contributed by atoms with Crippen molar-refractivity contribution in [2.75, 3.05) is 6.61 Å². The summed E-state index contributed by atoms with van der Waals surface area (Å²) in [4.78, 5) is 51.3. The van der Waals surface area contributed by atoms with E-state index in [2.05, 4.69) is 0 Å². The van der Waals surface area contributed by atoms with Gasteiger partial charge in [0.15, 0.2) is 29.9 Å². The molecular formula is C33H58O26. The number of carbonyl (C=O) groups is 5. The molecule has 0 aromatic heterocycles. The summed E-state index contributed by atoms with van der Waals surface area (Å²) in [6.07, 6.45) is -24.1. The molecule has 3 aliphatic heterocycles. The van der Waals surface area contributed by atoms with Gasteiger partial charge in [-0.15, -0.1) is 0 Å². The van der Waals surface area contributed by atoms with Crippen molar-refractivity contribution >= 4 is 29.5 Å². The van der Waals surface area contributed by atoms with E-state index in [0.717, 1.165) is 13.8 Å². The normalized spacial score (nSPS) is 34.3. The molecule has 2 fully saturated rings. The number of carboxylic acid groups (broad SMARTS) is 3. The molecule has 26 heteroatoms. The van der Waals surface area contributed by atoms with Gasteiger partial charge in [0, 0.05) is 0 Å². The summed E-state index contributed by atoms with van der Waals surface area (Å²) in [6.45, 7) is 8.06. The van der Waals surface area contributed by atoms with Gasteiger partial charge >= 0.3 is 17.9 Å². The molecule has 0 spiro atoms. The predicted molar refractivity (Wildman–Crippen MR) is 188 cm³/mol. The van der Waals surface area contributed by atoms with Gasteiger partial charge in [-0.2, -0.15) is 0 Å². The van der Waals surface area contributed by atoms with E-state index in [1.165, 1.54) is 13.0 Å². The van der Waals surface area contributed by atoms with Crippen LogP contribution in [-0.4, -0.2) is 244 Å². The first-order valence-electron chi connectivity index (χ1n) is 17.4. The number of hydrogen-bond acceptors (Lipinski definition) is 23. The second kappa shape index (κ2) is 26.7. The van der Waals surface area contributed by atoms with E-state index in [-0.39, 0.29) is 12.7 Å². The average molecular weight is 871 g/mol. The maximum Gasteiger partial charge on any atom is 0.335 e. The Kier molecular flexibility index (Phi) is 26.2. The molecule has 19 unspecified atom stereocenters. The quantitative estimate of drug-likeness (QED) is 0.0969. The van der Waals surface area contributed by atoms with Gasteiger partial charge < -0.3 is 106 Å². The van der Waals surface area contributed by atoms with E-state index in [1.807, 2.05) is 0 Å². The first kappa shape index (κ1) is 57.7. The summed E-state index contributed by atoms with van der Waals surface area (Å²) in [7, 11) is 0. The number of carboxylic acids is 3. The Balaban J connectivity index is 0. The Bertz CT molecular complexity index is 1300. The van der Waals surface area contributed by atoms with Gasteiger partial charge in [0.25, 0.3) is 0 Å². The minimum Gasteiger partial charge on any atom is -0.493 e. The molecule has 18 N–H and O–H groups in total. The zero-order chi connectivity index (χ0) is 47.0. The van der Waals surface area contributed by atoms with Crippen LogP contribution in [0, 0.1) is 0 Å². The molecular weight excluding hydrogens is 812 g/mol. The summed E-state index contributed by atoms with van der Waals surface area (Å²) in [6, 6.07) is 0. The molecule has 2 saturated heterocycles. The third-order valence-corrected chi connectivity index (χ3v) is 8.47. The standard InChI is InChI=1S/C7H12O7.C7H12O6.C7H14O5.C7H12O3.C5H8O5/c1-2(8)3(9)4(10)5(11)6(12)7(13)14;1-2-3(8)4(9)5(10)6(13-2)7(11)12;1-3-5(9)7(11)6(10)4(2-8)12-3;1-4-3-6(8)7(9)5(2)10-4;1-2(6)3(7)4(8)5(9)10/h3-6,9-12H,1H3,(H,13,14);2-6,8-10H,1H3,(H,11,12);3-11H,2H2,1H3;3,5-9H,1-2H3;3-4,7-8H,1H3,(H,9,10). The molecule has 346 valence electrons. The summed E-state index contributed by atoms with van der Waals surface area (Å²) in [5, 5.41) is 160. The lowest BCUT2D eigenvalue weighted by atomic mass is 9.96. The lowest BCUT2D eigenvalue weighted by Crippen LogP contribution is -2.58. The highest BCUT2D eigenvalue weighted by atomic mass is 16.6. The number of ketones is 2.